The summed E-state index contributed by atoms with van der Waals surface area (Å²) in [5.74, 6) is 0. The van der Waals surface area contributed by atoms with Gasteiger partial charge >= 0.3 is 0 Å². The summed E-state index contributed by atoms with van der Waals surface area (Å²) in [4.78, 5) is 5.10. The lowest BCUT2D eigenvalue weighted by Gasteiger charge is -2.36. The molecule has 2 nitrogen and oxygen atoms in total. The summed E-state index contributed by atoms with van der Waals surface area (Å²) in [5, 5.41) is 0.387. The summed E-state index contributed by atoms with van der Waals surface area (Å²) < 4.78 is 0. The average Bonchev–Trinajstić information content (AvgIpc) is 2.53. The number of piperazine rings is 1. The molecule has 0 aliphatic carbocycles. The molecule has 0 aromatic heterocycles. The molecule has 15 heavy (non-hydrogen) atoms. The lowest BCUT2D eigenvalue weighted by Crippen LogP contribution is -2.49. The van der Waals surface area contributed by atoms with E-state index in [1.165, 1.54) is 31.6 Å². The first kappa shape index (κ1) is 11.4. The second-order valence-electron chi connectivity index (χ2n) is 5.02. The fourth-order valence-electron chi connectivity index (χ4n) is 2.52. The smallest absolute Gasteiger partial charge is 0.0478 e. The van der Waals surface area contributed by atoms with Crippen LogP contribution in [0.2, 0.25) is 0 Å². The van der Waals surface area contributed by atoms with Crippen LogP contribution in [0.25, 0.3) is 0 Å². The zero-order valence-electron chi connectivity index (χ0n) is 9.75. The fraction of sp³-hybridized carbons (Fsp3) is 0.833. The predicted molar refractivity (Wildman–Crippen MR) is 65.5 cm³/mol. The van der Waals surface area contributed by atoms with Crippen molar-refractivity contribution in [1.82, 2.24) is 9.80 Å². The van der Waals surface area contributed by atoms with Gasteiger partial charge in [-0.05, 0) is 20.3 Å². The van der Waals surface area contributed by atoms with Gasteiger partial charge in [0.25, 0.3) is 0 Å². The molecule has 0 amide bonds. The van der Waals surface area contributed by atoms with Gasteiger partial charge in [-0.1, -0.05) is 11.6 Å². The Balaban J connectivity index is 1.84. The van der Waals surface area contributed by atoms with Crippen molar-refractivity contribution in [3.05, 3.63) is 11.6 Å². The van der Waals surface area contributed by atoms with Crippen molar-refractivity contribution in [3.63, 3.8) is 0 Å². The van der Waals surface area contributed by atoms with Crippen molar-refractivity contribution in [1.29, 1.82) is 0 Å². The van der Waals surface area contributed by atoms with Gasteiger partial charge in [0.2, 0.25) is 0 Å². The zero-order valence-corrected chi connectivity index (χ0v) is 10.5. The molecule has 2 rings (SSSR count). The first-order valence-corrected chi connectivity index (χ1v) is 6.32. The highest BCUT2D eigenvalue weighted by Crippen LogP contribution is 2.25. The number of allylic oxidation sites excluding steroid dienone is 1. The summed E-state index contributed by atoms with van der Waals surface area (Å²) in [6, 6.07) is 0.715. The molecular formula is C12H21ClN2. The number of hydrogen-bond acceptors (Lipinski definition) is 2. The summed E-state index contributed by atoms with van der Waals surface area (Å²) in [6.45, 7) is 10.1. The molecule has 2 aliphatic heterocycles. The van der Waals surface area contributed by atoms with Crippen LogP contribution < -0.4 is 0 Å². The van der Waals surface area contributed by atoms with Crippen molar-refractivity contribution in [3.8, 4) is 0 Å². The highest BCUT2D eigenvalue weighted by Gasteiger charge is 2.34. The summed E-state index contributed by atoms with van der Waals surface area (Å²) in [6.07, 6.45) is 3.50. The highest BCUT2D eigenvalue weighted by atomic mass is 35.5. The Morgan fingerprint density at radius 2 is 2.13 bits per heavy atom. The second kappa shape index (κ2) is 4.86. The topological polar surface area (TPSA) is 6.48 Å². The lowest BCUT2D eigenvalue weighted by atomic mass is 10.1. The van der Waals surface area contributed by atoms with Gasteiger partial charge in [0.15, 0.2) is 0 Å². The molecule has 0 radical (unpaired) electrons. The molecule has 0 spiro atoms. The van der Waals surface area contributed by atoms with Crippen LogP contribution in [0.5, 0.6) is 0 Å². The molecule has 3 heteroatoms. The van der Waals surface area contributed by atoms with Crippen LogP contribution in [0.4, 0.5) is 0 Å². The van der Waals surface area contributed by atoms with Gasteiger partial charge in [-0.25, -0.2) is 0 Å². The average molecular weight is 229 g/mol. The second-order valence-corrected chi connectivity index (χ2v) is 5.64. The van der Waals surface area contributed by atoms with E-state index in [1.807, 2.05) is 0 Å². The molecular weight excluding hydrogens is 208 g/mol. The molecule has 2 saturated heterocycles. The number of alkyl halides is 1. The molecule has 2 unspecified atom stereocenters. The summed E-state index contributed by atoms with van der Waals surface area (Å²) in [5.41, 5.74) is 1.42. The van der Waals surface area contributed by atoms with Crippen LogP contribution in [-0.2, 0) is 0 Å². The molecule has 86 valence electrons. The molecule has 2 atom stereocenters. The maximum Gasteiger partial charge on any atom is 0.0478 e. The van der Waals surface area contributed by atoms with Crippen molar-refractivity contribution in [2.75, 3.05) is 32.7 Å². The van der Waals surface area contributed by atoms with Gasteiger partial charge < -0.3 is 0 Å². The molecule has 0 N–H and O–H groups in total. The van der Waals surface area contributed by atoms with E-state index in [-0.39, 0.29) is 0 Å². The van der Waals surface area contributed by atoms with Crippen molar-refractivity contribution < 1.29 is 0 Å². The van der Waals surface area contributed by atoms with Crippen molar-refractivity contribution in [2.24, 2.45) is 0 Å². The minimum Gasteiger partial charge on any atom is -0.297 e. The summed E-state index contributed by atoms with van der Waals surface area (Å²) in [7, 11) is 0. The first-order valence-electron chi connectivity index (χ1n) is 5.89. The van der Waals surface area contributed by atoms with Crippen LogP contribution in [0, 0.1) is 0 Å². The van der Waals surface area contributed by atoms with Crippen LogP contribution in [-0.4, -0.2) is 53.9 Å². The number of fused-ring (bicyclic) bond motifs is 1. The van der Waals surface area contributed by atoms with E-state index in [2.05, 4.69) is 29.7 Å². The Morgan fingerprint density at radius 1 is 1.33 bits per heavy atom. The number of halogens is 1. The van der Waals surface area contributed by atoms with E-state index in [0.29, 0.717) is 11.4 Å². The molecule has 0 bridgehead atoms. The Labute approximate surface area is 97.9 Å². The quantitative estimate of drug-likeness (QED) is 0.527. The van der Waals surface area contributed by atoms with Gasteiger partial charge in [0.05, 0.1) is 0 Å². The normalized spacial score (nSPS) is 32.7. The third-order valence-corrected chi connectivity index (χ3v) is 3.72. The number of nitrogens with zero attached hydrogens (tertiary/aromatic N) is 2. The van der Waals surface area contributed by atoms with Crippen molar-refractivity contribution in [2.45, 2.75) is 31.7 Å². The van der Waals surface area contributed by atoms with Gasteiger partial charge in [0, 0.05) is 44.1 Å². The fourth-order valence-corrected chi connectivity index (χ4v) is 2.91. The predicted octanol–water partition coefficient (Wildman–Crippen LogP) is 1.95. The number of hydrogen-bond donors (Lipinski definition) is 0. The van der Waals surface area contributed by atoms with Gasteiger partial charge in [-0.15, -0.1) is 11.6 Å². The maximum absolute atomic E-state index is 6.19. The van der Waals surface area contributed by atoms with Gasteiger partial charge in [-0.3, -0.25) is 9.80 Å². The minimum absolute atomic E-state index is 0.387. The third-order valence-electron chi connectivity index (χ3n) is 3.41. The molecule has 0 saturated carbocycles. The van der Waals surface area contributed by atoms with E-state index < -0.39 is 0 Å². The zero-order chi connectivity index (χ0) is 10.8. The van der Waals surface area contributed by atoms with E-state index in [9.17, 15) is 0 Å². The number of rotatable bonds is 2. The summed E-state index contributed by atoms with van der Waals surface area (Å²) >= 11 is 6.19. The maximum atomic E-state index is 6.19. The van der Waals surface area contributed by atoms with E-state index in [4.69, 9.17) is 11.6 Å². The monoisotopic (exact) mass is 228 g/mol. The van der Waals surface area contributed by atoms with Crippen LogP contribution >= 0.6 is 11.6 Å². The minimum atomic E-state index is 0.387. The molecule has 2 heterocycles. The van der Waals surface area contributed by atoms with Crippen LogP contribution in [0.3, 0.4) is 0 Å². The molecule has 2 aliphatic rings. The van der Waals surface area contributed by atoms with Crippen molar-refractivity contribution >= 4 is 11.6 Å². The van der Waals surface area contributed by atoms with E-state index in [1.54, 1.807) is 0 Å². The Bertz CT molecular complexity index is 248. The standard InChI is InChI=1S/C12H21ClN2/c1-10(2)3-4-14-5-6-15-8-11(13)7-12(15)9-14/h3,11-12H,4-9H2,1-2H3. The largest absolute Gasteiger partial charge is 0.297 e. The lowest BCUT2D eigenvalue weighted by molar-refractivity contribution is 0.114. The Hall–Kier alpha value is -0.0500. The van der Waals surface area contributed by atoms with Crippen LogP contribution in [0.15, 0.2) is 11.6 Å². The van der Waals surface area contributed by atoms with Crippen LogP contribution in [0.1, 0.15) is 20.3 Å². The van der Waals surface area contributed by atoms with E-state index >= 15 is 0 Å². The Morgan fingerprint density at radius 3 is 2.87 bits per heavy atom. The van der Waals surface area contributed by atoms with Gasteiger partial charge in [0.1, 0.15) is 0 Å². The molecule has 0 aromatic carbocycles. The Kier molecular flexibility index (Phi) is 3.70. The molecule has 0 aromatic rings. The SMILES string of the molecule is CC(C)=CCN1CCN2CC(Cl)CC2C1. The third kappa shape index (κ3) is 2.96. The molecule has 2 fully saturated rings. The van der Waals surface area contributed by atoms with E-state index in [0.717, 1.165) is 13.1 Å². The highest BCUT2D eigenvalue weighted by molar-refractivity contribution is 6.21. The van der Waals surface area contributed by atoms with Gasteiger partial charge in [-0.2, -0.15) is 0 Å². The first-order chi connectivity index (χ1) is 7.15.